The second-order valence-corrected chi connectivity index (χ2v) is 4.53. The molecule has 1 atom stereocenters. The van der Waals surface area contributed by atoms with E-state index in [2.05, 4.69) is 5.32 Å². The topological polar surface area (TPSA) is 75.6 Å². The first-order chi connectivity index (χ1) is 10.6. The number of nitrogens with one attached hydrogen (secondary N) is 1. The molecule has 0 aromatic heterocycles. The summed E-state index contributed by atoms with van der Waals surface area (Å²) in [5.74, 6) is -1.88. The molecule has 114 valence electrons. The average molecular weight is 303 g/mol. The fraction of sp³-hybridized carbons (Fsp3) is 0.125. The fourth-order valence-electron chi connectivity index (χ4n) is 1.86. The lowest BCUT2D eigenvalue weighted by atomic mass is 10.1. The van der Waals surface area contributed by atoms with E-state index in [0.717, 1.165) is 11.6 Å². The number of ether oxygens (including phenoxy) is 1. The van der Waals surface area contributed by atoms with Crippen molar-refractivity contribution < 1.29 is 23.8 Å². The zero-order valence-electron chi connectivity index (χ0n) is 11.5. The maximum absolute atomic E-state index is 13.2. The molecule has 2 rings (SSSR count). The molecule has 6 heteroatoms. The molecular weight excluding hydrogens is 289 g/mol. The number of hydrogen-bond donors (Lipinski definition) is 2. The van der Waals surface area contributed by atoms with Crippen LogP contribution >= 0.6 is 0 Å². The van der Waals surface area contributed by atoms with Crippen LogP contribution in [-0.4, -0.2) is 17.2 Å². The zero-order valence-corrected chi connectivity index (χ0v) is 11.5. The van der Waals surface area contributed by atoms with Crippen LogP contribution in [0.15, 0.2) is 54.6 Å². The van der Waals surface area contributed by atoms with Crippen LogP contribution in [0.1, 0.15) is 17.2 Å². The summed E-state index contributed by atoms with van der Waals surface area (Å²) in [6, 6.07) is 12.6. The first kappa shape index (κ1) is 15.5. The molecule has 0 aliphatic heterocycles. The Hall–Kier alpha value is -2.89. The van der Waals surface area contributed by atoms with Crippen molar-refractivity contribution in [2.75, 3.05) is 0 Å². The highest BCUT2D eigenvalue weighted by Gasteiger charge is 2.23. The van der Waals surface area contributed by atoms with E-state index in [1.807, 2.05) is 6.07 Å². The zero-order chi connectivity index (χ0) is 15.9. The van der Waals surface area contributed by atoms with Crippen LogP contribution in [0.4, 0.5) is 9.18 Å². The first-order valence-electron chi connectivity index (χ1n) is 6.52. The second-order valence-electron chi connectivity index (χ2n) is 4.53. The number of halogens is 1. The predicted molar refractivity (Wildman–Crippen MR) is 76.5 cm³/mol. The van der Waals surface area contributed by atoms with Crippen molar-refractivity contribution in [2.45, 2.75) is 12.6 Å². The van der Waals surface area contributed by atoms with Crippen LogP contribution in [0.3, 0.4) is 0 Å². The minimum atomic E-state index is -1.38. The summed E-state index contributed by atoms with van der Waals surface area (Å²) in [5, 5.41) is 11.4. The van der Waals surface area contributed by atoms with Crippen molar-refractivity contribution >= 4 is 12.1 Å². The molecule has 2 aromatic carbocycles. The van der Waals surface area contributed by atoms with Gasteiger partial charge in [-0.3, -0.25) is 0 Å². The highest BCUT2D eigenvalue weighted by atomic mass is 19.1. The number of carboxylic acids is 1. The van der Waals surface area contributed by atoms with Gasteiger partial charge in [-0.05, 0) is 23.3 Å². The molecular formula is C16H14FNO4. The molecule has 22 heavy (non-hydrogen) atoms. The number of hydrogen-bond acceptors (Lipinski definition) is 3. The SMILES string of the molecule is O=C(NC(C(=O)O)c1cccc(F)c1)OCc1ccccc1. The summed E-state index contributed by atoms with van der Waals surface area (Å²) in [4.78, 5) is 22.9. The molecule has 2 aromatic rings. The molecule has 5 nitrogen and oxygen atoms in total. The van der Waals surface area contributed by atoms with Gasteiger partial charge in [0.2, 0.25) is 0 Å². The number of aliphatic carboxylic acids is 1. The van der Waals surface area contributed by atoms with Crippen LogP contribution in [0.5, 0.6) is 0 Å². The van der Waals surface area contributed by atoms with Crippen molar-refractivity contribution in [3.8, 4) is 0 Å². The normalized spacial score (nSPS) is 11.5. The number of alkyl carbamates (subject to hydrolysis) is 1. The van der Waals surface area contributed by atoms with Crippen LogP contribution in [0.25, 0.3) is 0 Å². The Morgan fingerprint density at radius 3 is 2.50 bits per heavy atom. The lowest BCUT2D eigenvalue weighted by Gasteiger charge is -2.15. The third kappa shape index (κ3) is 4.31. The van der Waals surface area contributed by atoms with Crippen molar-refractivity contribution in [1.29, 1.82) is 0 Å². The summed E-state index contributed by atoms with van der Waals surface area (Å²) >= 11 is 0. The van der Waals surface area contributed by atoms with Crippen LogP contribution in [0, 0.1) is 5.82 Å². The lowest BCUT2D eigenvalue weighted by molar-refractivity contribution is -0.139. The van der Waals surface area contributed by atoms with E-state index in [0.29, 0.717) is 0 Å². The Morgan fingerprint density at radius 1 is 1.14 bits per heavy atom. The summed E-state index contributed by atoms with van der Waals surface area (Å²) < 4.78 is 18.1. The van der Waals surface area contributed by atoms with Gasteiger partial charge in [-0.1, -0.05) is 42.5 Å². The Morgan fingerprint density at radius 2 is 1.86 bits per heavy atom. The summed E-state index contributed by atoms with van der Waals surface area (Å²) in [7, 11) is 0. The van der Waals surface area contributed by atoms with Crippen molar-refractivity contribution in [2.24, 2.45) is 0 Å². The minimum absolute atomic E-state index is 0.0160. The molecule has 0 saturated carbocycles. The van der Waals surface area contributed by atoms with E-state index in [1.54, 1.807) is 24.3 Å². The Bertz CT molecular complexity index is 660. The monoisotopic (exact) mass is 303 g/mol. The third-order valence-corrected chi connectivity index (χ3v) is 2.90. The van der Waals surface area contributed by atoms with Gasteiger partial charge in [0, 0.05) is 0 Å². The largest absolute Gasteiger partial charge is 0.479 e. The Balaban J connectivity index is 1.99. The van der Waals surface area contributed by atoms with E-state index in [-0.39, 0.29) is 12.2 Å². The molecule has 0 heterocycles. The van der Waals surface area contributed by atoms with Crippen LogP contribution < -0.4 is 5.32 Å². The smallest absolute Gasteiger partial charge is 0.408 e. The van der Waals surface area contributed by atoms with Crippen LogP contribution in [-0.2, 0) is 16.1 Å². The number of carboxylic acid groups (broad SMARTS) is 1. The van der Waals surface area contributed by atoms with Gasteiger partial charge in [-0.2, -0.15) is 0 Å². The van der Waals surface area contributed by atoms with Crippen molar-refractivity contribution in [1.82, 2.24) is 5.32 Å². The van der Waals surface area contributed by atoms with Gasteiger partial charge in [-0.25, -0.2) is 14.0 Å². The van der Waals surface area contributed by atoms with E-state index < -0.39 is 23.9 Å². The highest BCUT2D eigenvalue weighted by molar-refractivity contribution is 5.81. The minimum Gasteiger partial charge on any atom is -0.479 e. The quantitative estimate of drug-likeness (QED) is 0.890. The molecule has 0 bridgehead atoms. The average Bonchev–Trinajstić information content (AvgIpc) is 2.51. The fourth-order valence-corrected chi connectivity index (χ4v) is 1.86. The Kier molecular flexibility index (Phi) is 5.08. The molecule has 1 unspecified atom stereocenters. The molecule has 0 saturated heterocycles. The predicted octanol–water partition coefficient (Wildman–Crippen LogP) is 2.88. The molecule has 0 aliphatic carbocycles. The van der Waals surface area contributed by atoms with E-state index >= 15 is 0 Å². The number of amides is 1. The van der Waals surface area contributed by atoms with Gasteiger partial charge in [0.05, 0.1) is 0 Å². The Labute approximate surface area is 126 Å². The molecule has 0 aliphatic rings. The summed E-state index contributed by atoms with van der Waals surface area (Å²) in [6.07, 6.45) is -0.888. The number of carbonyl (C=O) groups excluding carboxylic acids is 1. The lowest BCUT2D eigenvalue weighted by Crippen LogP contribution is -2.34. The molecule has 0 radical (unpaired) electrons. The standard InChI is InChI=1S/C16H14FNO4/c17-13-8-4-7-12(9-13)14(15(19)20)18-16(21)22-10-11-5-2-1-3-6-11/h1-9,14H,10H2,(H,18,21)(H,19,20). The van der Waals surface area contributed by atoms with Crippen LogP contribution in [0.2, 0.25) is 0 Å². The van der Waals surface area contributed by atoms with E-state index in [4.69, 9.17) is 9.84 Å². The van der Waals surface area contributed by atoms with Gasteiger partial charge >= 0.3 is 12.1 Å². The summed E-state index contributed by atoms with van der Waals surface area (Å²) in [5.41, 5.74) is 0.902. The van der Waals surface area contributed by atoms with Crippen molar-refractivity contribution in [3.63, 3.8) is 0 Å². The van der Waals surface area contributed by atoms with Gasteiger partial charge in [0.25, 0.3) is 0 Å². The number of carbonyl (C=O) groups is 2. The number of benzene rings is 2. The van der Waals surface area contributed by atoms with Gasteiger partial charge in [-0.15, -0.1) is 0 Å². The molecule has 2 N–H and O–H groups in total. The highest BCUT2D eigenvalue weighted by Crippen LogP contribution is 2.15. The second kappa shape index (κ2) is 7.21. The molecule has 0 spiro atoms. The first-order valence-corrected chi connectivity index (χ1v) is 6.52. The van der Waals surface area contributed by atoms with Gasteiger partial charge < -0.3 is 15.2 Å². The van der Waals surface area contributed by atoms with E-state index in [9.17, 15) is 14.0 Å². The number of rotatable bonds is 5. The van der Waals surface area contributed by atoms with Crippen molar-refractivity contribution in [3.05, 3.63) is 71.5 Å². The third-order valence-electron chi connectivity index (χ3n) is 2.90. The van der Waals surface area contributed by atoms with Gasteiger partial charge in [0.1, 0.15) is 12.4 Å². The maximum Gasteiger partial charge on any atom is 0.408 e. The molecule has 0 fully saturated rings. The van der Waals surface area contributed by atoms with E-state index in [1.165, 1.54) is 18.2 Å². The summed E-state index contributed by atoms with van der Waals surface area (Å²) in [6.45, 7) is 0.0160. The molecule has 1 amide bonds. The maximum atomic E-state index is 13.2. The van der Waals surface area contributed by atoms with Gasteiger partial charge in [0.15, 0.2) is 6.04 Å².